The monoisotopic (exact) mass is 332 g/mol. The number of carbonyl (C=O) groups excluding carboxylic acids is 2. The van der Waals surface area contributed by atoms with Crippen LogP contribution < -0.4 is 5.32 Å². The summed E-state index contributed by atoms with van der Waals surface area (Å²) in [6, 6.07) is 0.0107. The van der Waals surface area contributed by atoms with Gasteiger partial charge in [-0.05, 0) is 33.1 Å². The number of aromatic nitrogens is 3. The quantitative estimate of drug-likeness (QED) is 0.859. The number of carbonyl (C=O) groups is 2. The van der Waals surface area contributed by atoms with Gasteiger partial charge in [-0.2, -0.15) is 10.1 Å². The first kappa shape index (κ1) is 16.2. The van der Waals surface area contributed by atoms with Crippen LogP contribution in [0.2, 0.25) is 0 Å². The Kier molecular flexibility index (Phi) is 4.37. The van der Waals surface area contributed by atoms with Crippen LogP contribution in [-0.4, -0.2) is 33.2 Å². The Balaban J connectivity index is 1.76. The number of esters is 1. The van der Waals surface area contributed by atoms with E-state index >= 15 is 0 Å². The summed E-state index contributed by atoms with van der Waals surface area (Å²) in [4.78, 5) is 28.4. The molecule has 3 rings (SSSR count). The Labute approximate surface area is 139 Å². The second kappa shape index (κ2) is 6.46. The summed E-state index contributed by atoms with van der Waals surface area (Å²) in [5, 5.41) is 7.05. The number of anilines is 1. The van der Waals surface area contributed by atoms with Crippen LogP contribution in [0.3, 0.4) is 0 Å². The van der Waals surface area contributed by atoms with Crippen molar-refractivity contribution in [1.29, 1.82) is 0 Å². The number of hydrogen-bond acceptors (Lipinski definition) is 6. The molecule has 0 saturated carbocycles. The Morgan fingerprint density at radius 3 is 3.04 bits per heavy atom. The van der Waals surface area contributed by atoms with Crippen molar-refractivity contribution in [2.75, 3.05) is 11.9 Å². The number of rotatable bonds is 4. The molecule has 128 valence electrons. The molecule has 1 N–H and O–H groups in total. The van der Waals surface area contributed by atoms with Gasteiger partial charge < -0.3 is 9.15 Å². The molecule has 24 heavy (non-hydrogen) atoms. The lowest BCUT2D eigenvalue weighted by Gasteiger charge is -2.19. The van der Waals surface area contributed by atoms with E-state index in [0.717, 1.165) is 30.5 Å². The fraction of sp³-hybridized carbons (Fsp3) is 0.500. The number of hydrogen-bond donors (Lipinski definition) is 1. The molecule has 1 amide bonds. The Morgan fingerprint density at radius 2 is 2.29 bits per heavy atom. The summed E-state index contributed by atoms with van der Waals surface area (Å²) in [6.45, 7) is 3.57. The summed E-state index contributed by atoms with van der Waals surface area (Å²) in [6.07, 6.45) is 4.41. The lowest BCUT2D eigenvalue weighted by molar-refractivity contribution is -0.118. The van der Waals surface area contributed by atoms with Crippen molar-refractivity contribution in [2.45, 2.75) is 39.0 Å². The average Bonchev–Trinajstić information content (AvgIpc) is 3.08. The van der Waals surface area contributed by atoms with Gasteiger partial charge in [0.1, 0.15) is 5.76 Å². The molecule has 2 aromatic heterocycles. The van der Waals surface area contributed by atoms with Crippen LogP contribution in [0.5, 0.6) is 0 Å². The largest absolute Gasteiger partial charge is 0.461 e. The molecule has 8 nitrogen and oxygen atoms in total. The third-order valence-electron chi connectivity index (χ3n) is 4.03. The van der Waals surface area contributed by atoms with Crippen molar-refractivity contribution in [3.63, 3.8) is 0 Å². The Hall–Kier alpha value is -2.64. The van der Waals surface area contributed by atoms with Crippen LogP contribution in [0.4, 0.5) is 6.01 Å². The highest BCUT2D eigenvalue weighted by molar-refractivity contribution is 5.95. The first-order valence-corrected chi connectivity index (χ1v) is 7.97. The highest BCUT2D eigenvalue weighted by Gasteiger charge is 2.30. The zero-order valence-electron chi connectivity index (χ0n) is 14.0. The van der Waals surface area contributed by atoms with Crippen LogP contribution in [-0.2, 0) is 23.0 Å². The second-order valence-electron chi connectivity index (χ2n) is 5.78. The van der Waals surface area contributed by atoms with Crippen molar-refractivity contribution in [2.24, 2.45) is 7.05 Å². The van der Waals surface area contributed by atoms with Crippen molar-refractivity contribution in [3.05, 3.63) is 28.9 Å². The molecule has 0 fully saturated rings. The fourth-order valence-electron chi connectivity index (χ4n) is 2.97. The minimum atomic E-state index is -0.563. The van der Waals surface area contributed by atoms with Gasteiger partial charge in [0, 0.05) is 18.8 Å². The molecule has 0 radical (unpaired) electrons. The van der Waals surface area contributed by atoms with Crippen molar-refractivity contribution in [3.8, 4) is 0 Å². The van der Waals surface area contributed by atoms with Gasteiger partial charge in [0.05, 0.1) is 18.2 Å². The van der Waals surface area contributed by atoms with Crippen LogP contribution in [0.25, 0.3) is 0 Å². The molecule has 0 bridgehead atoms. The summed E-state index contributed by atoms with van der Waals surface area (Å²) in [5.74, 6) is -0.748. The summed E-state index contributed by atoms with van der Waals surface area (Å²) < 4.78 is 12.0. The molecule has 8 heteroatoms. The summed E-state index contributed by atoms with van der Waals surface area (Å²) in [7, 11) is 1.84. The third kappa shape index (κ3) is 3.04. The average molecular weight is 332 g/mol. The Morgan fingerprint density at radius 1 is 1.50 bits per heavy atom. The van der Waals surface area contributed by atoms with Crippen LogP contribution in [0.15, 0.2) is 10.6 Å². The predicted octanol–water partition coefficient (Wildman–Crippen LogP) is 1.95. The van der Waals surface area contributed by atoms with Crippen LogP contribution in [0, 0.1) is 6.92 Å². The van der Waals surface area contributed by atoms with Crippen molar-refractivity contribution < 1.29 is 18.7 Å². The maximum Gasteiger partial charge on any atom is 0.360 e. The third-order valence-corrected chi connectivity index (χ3v) is 4.03. The van der Waals surface area contributed by atoms with E-state index in [9.17, 15) is 9.59 Å². The zero-order valence-corrected chi connectivity index (χ0v) is 14.0. The number of amides is 1. The highest BCUT2D eigenvalue weighted by atomic mass is 16.5. The minimum absolute atomic E-state index is 0.0107. The maximum atomic E-state index is 12.6. The molecule has 2 heterocycles. The van der Waals surface area contributed by atoms with Crippen LogP contribution >= 0.6 is 0 Å². The number of nitrogens with zero attached hydrogens (tertiary/aromatic N) is 3. The standard InChI is InChI=1S/C16H20N4O4/c1-4-23-15(22)13-9(2)24-16(17-13)18-14(21)10-6-5-7-12-11(10)8-20(3)19-12/h8,10H,4-7H2,1-3H3,(H,17,18,21). The molecular formula is C16H20N4O4. The lowest BCUT2D eigenvalue weighted by Crippen LogP contribution is -2.24. The van der Waals surface area contributed by atoms with Gasteiger partial charge >= 0.3 is 12.0 Å². The number of ether oxygens (including phenoxy) is 1. The second-order valence-corrected chi connectivity index (χ2v) is 5.78. The normalized spacial score (nSPS) is 16.5. The molecule has 1 aliphatic carbocycles. The molecule has 2 aromatic rings. The van der Waals surface area contributed by atoms with Crippen molar-refractivity contribution in [1.82, 2.24) is 14.8 Å². The number of fused-ring (bicyclic) bond motifs is 1. The minimum Gasteiger partial charge on any atom is -0.461 e. The fourth-order valence-corrected chi connectivity index (χ4v) is 2.97. The molecular weight excluding hydrogens is 312 g/mol. The first-order valence-electron chi connectivity index (χ1n) is 7.97. The van der Waals surface area contributed by atoms with Gasteiger partial charge in [-0.3, -0.25) is 14.8 Å². The topological polar surface area (TPSA) is 99.2 Å². The van der Waals surface area contributed by atoms with E-state index in [0.29, 0.717) is 5.76 Å². The van der Waals surface area contributed by atoms with E-state index in [1.165, 1.54) is 0 Å². The number of oxazole rings is 1. The molecule has 1 unspecified atom stereocenters. The van der Waals surface area contributed by atoms with Gasteiger partial charge in [-0.15, -0.1) is 0 Å². The first-order chi connectivity index (χ1) is 11.5. The van der Waals surface area contributed by atoms with Gasteiger partial charge in [0.25, 0.3) is 0 Å². The van der Waals surface area contributed by atoms with E-state index in [2.05, 4.69) is 15.4 Å². The van der Waals surface area contributed by atoms with Gasteiger partial charge in [-0.1, -0.05) is 0 Å². The van der Waals surface area contributed by atoms with E-state index in [-0.39, 0.29) is 30.1 Å². The molecule has 0 aromatic carbocycles. The molecule has 1 atom stereocenters. The van der Waals surface area contributed by atoms with Gasteiger partial charge in [-0.25, -0.2) is 4.79 Å². The van der Waals surface area contributed by atoms with Crippen LogP contribution in [0.1, 0.15) is 53.2 Å². The lowest BCUT2D eigenvalue weighted by atomic mass is 9.86. The SMILES string of the molecule is CCOC(=O)c1nc(NC(=O)C2CCCc3nn(C)cc32)oc1C. The molecule has 1 aliphatic rings. The highest BCUT2D eigenvalue weighted by Crippen LogP contribution is 2.31. The smallest absolute Gasteiger partial charge is 0.360 e. The summed E-state index contributed by atoms with van der Waals surface area (Å²) >= 11 is 0. The van der Waals surface area contributed by atoms with Gasteiger partial charge in [0.15, 0.2) is 5.69 Å². The zero-order chi connectivity index (χ0) is 17.3. The Bertz CT molecular complexity index is 777. The molecule has 0 spiro atoms. The van der Waals surface area contributed by atoms with E-state index in [1.807, 2.05) is 13.2 Å². The number of nitrogens with one attached hydrogen (secondary N) is 1. The molecule has 0 saturated heterocycles. The van der Waals surface area contributed by atoms with E-state index in [4.69, 9.17) is 9.15 Å². The van der Waals surface area contributed by atoms with E-state index in [1.54, 1.807) is 18.5 Å². The number of aryl methyl sites for hydroxylation is 3. The van der Waals surface area contributed by atoms with E-state index < -0.39 is 5.97 Å². The van der Waals surface area contributed by atoms with Gasteiger partial charge in [0.2, 0.25) is 5.91 Å². The summed E-state index contributed by atoms with van der Waals surface area (Å²) in [5.41, 5.74) is 1.98. The van der Waals surface area contributed by atoms with Crippen molar-refractivity contribution >= 4 is 17.9 Å². The molecule has 0 aliphatic heterocycles. The predicted molar refractivity (Wildman–Crippen MR) is 84.7 cm³/mol. The maximum absolute atomic E-state index is 12.6.